The van der Waals surface area contributed by atoms with Gasteiger partial charge in [0.05, 0.1) is 24.4 Å². The van der Waals surface area contributed by atoms with Crippen molar-refractivity contribution in [2.24, 2.45) is 5.92 Å². The van der Waals surface area contributed by atoms with Crippen LogP contribution in [-0.2, 0) is 42.2 Å². The lowest BCUT2D eigenvalue weighted by molar-refractivity contribution is -0.274. The molecule has 1 unspecified atom stereocenters. The minimum absolute atomic E-state index is 0.0179. The van der Waals surface area contributed by atoms with Crippen molar-refractivity contribution in [3.05, 3.63) is 82.5 Å². The molecule has 60 heavy (non-hydrogen) atoms. The normalized spacial score (nSPS) is 28.8. The lowest BCUT2D eigenvalue weighted by Crippen LogP contribution is -2.58. The van der Waals surface area contributed by atoms with E-state index in [0.717, 1.165) is 12.8 Å². The number of allylic oxidation sites excluding steroid dienone is 1. The van der Waals surface area contributed by atoms with Gasteiger partial charge in [0, 0.05) is 30.1 Å². The van der Waals surface area contributed by atoms with Gasteiger partial charge in [-0.25, -0.2) is 17.6 Å². The van der Waals surface area contributed by atoms with Crippen molar-refractivity contribution in [2.45, 2.75) is 112 Å². The molecular weight excluding hydrogens is 833 g/mol. The number of hydrogen-bond acceptors (Lipinski definition) is 11. The van der Waals surface area contributed by atoms with Crippen molar-refractivity contribution in [3.8, 4) is 5.75 Å². The first kappa shape index (κ1) is 41.9. The smallest absolute Gasteiger partial charge is 0.444 e. The SMILES string of the molecule is O=C1N[C@]2(C(=O)NS(=O)(=O)C3CC3)C[C@H]2/C=C\CCCCC[C@H](NC2NC(c3ccc(OC(F)(F)F)cc3)=CS2)C(=O)N2C[C@H](OC(=O)N3Cc4cccc(F)c4C3)C[C@@H]12. The van der Waals surface area contributed by atoms with Gasteiger partial charge in [-0.05, 0) is 85.4 Å². The molecule has 6 aliphatic rings. The lowest BCUT2D eigenvalue weighted by Gasteiger charge is -2.31. The van der Waals surface area contributed by atoms with Crippen LogP contribution in [0.4, 0.5) is 22.4 Å². The van der Waals surface area contributed by atoms with Crippen molar-refractivity contribution in [1.29, 1.82) is 0 Å². The molecule has 6 atom stereocenters. The number of benzene rings is 2. The van der Waals surface area contributed by atoms with Crippen LogP contribution in [0.15, 0.2) is 60.0 Å². The van der Waals surface area contributed by atoms with Crippen LogP contribution in [0.1, 0.15) is 74.5 Å². The van der Waals surface area contributed by atoms with E-state index in [-0.39, 0.29) is 38.2 Å². The third kappa shape index (κ3) is 9.24. The summed E-state index contributed by atoms with van der Waals surface area (Å²) in [6.45, 7) is -0.0767. The molecule has 0 spiro atoms. The molecule has 0 aromatic heterocycles. The number of hydrogen-bond donors (Lipinski definition) is 4. The number of nitrogens with one attached hydrogen (secondary N) is 4. The highest BCUT2D eigenvalue weighted by Crippen LogP contribution is 2.46. The second kappa shape index (κ2) is 16.6. The van der Waals surface area contributed by atoms with E-state index in [0.29, 0.717) is 54.5 Å². The van der Waals surface area contributed by atoms with Crippen molar-refractivity contribution in [3.63, 3.8) is 0 Å². The van der Waals surface area contributed by atoms with Crippen LogP contribution >= 0.6 is 11.8 Å². The fourth-order valence-electron chi connectivity index (χ4n) is 8.19. The van der Waals surface area contributed by atoms with E-state index in [1.54, 1.807) is 17.5 Å². The van der Waals surface area contributed by atoms with Crippen LogP contribution in [0.25, 0.3) is 5.70 Å². The third-order valence-corrected chi connectivity index (χ3v) is 14.4. The number of rotatable bonds is 8. The summed E-state index contributed by atoms with van der Waals surface area (Å²) in [4.78, 5) is 59.0. The van der Waals surface area contributed by atoms with Crippen LogP contribution in [0.2, 0.25) is 0 Å². The second-order valence-electron chi connectivity index (χ2n) is 16.0. The fraction of sp³-hybridized carbons (Fsp3) is 0.500. The van der Waals surface area contributed by atoms with Crippen LogP contribution in [-0.4, -0.2) is 89.4 Å². The highest BCUT2D eigenvalue weighted by atomic mass is 32.2. The fourth-order valence-corrected chi connectivity index (χ4v) is 10.5. The zero-order valence-electron chi connectivity index (χ0n) is 32.2. The number of carbonyl (C=O) groups excluding carboxylic acids is 4. The van der Waals surface area contributed by atoms with Crippen molar-refractivity contribution in [1.82, 2.24) is 30.5 Å². The van der Waals surface area contributed by atoms with E-state index in [4.69, 9.17) is 4.74 Å². The molecule has 2 saturated carbocycles. The summed E-state index contributed by atoms with van der Waals surface area (Å²) in [6.07, 6.45) is 1.21. The maximum Gasteiger partial charge on any atom is 0.573 e. The van der Waals surface area contributed by atoms with Crippen LogP contribution < -0.4 is 25.4 Å². The summed E-state index contributed by atoms with van der Waals surface area (Å²) in [5.74, 6) is -3.34. The van der Waals surface area contributed by atoms with Gasteiger partial charge >= 0.3 is 12.5 Å². The molecule has 0 bridgehead atoms. The number of halogens is 4. The first-order chi connectivity index (χ1) is 28.6. The highest BCUT2D eigenvalue weighted by Gasteiger charge is 2.62. The average molecular weight is 877 g/mol. The summed E-state index contributed by atoms with van der Waals surface area (Å²) in [7, 11) is -3.95. The van der Waals surface area contributed by atoms with Gasteiger partial charge in [-0.3, -0.25) is 29.3 Å². The van der Waals surface area contributed by atoms with E-state index in [9.17, 15) is 45.2 Å². The maximum atomic E-state index is 14.7. The zero-order valence-corrected chi connectivity index (χ0v) is 33.8. The Hall–Kier alpha value is -4.82. The summed E-state index contributed by atoms with van der Waals surface area (Å²) in [5, 5.41) is 10.5. The number of carbonyl (C=O) groups is 4. The van der Waals surface area contributed by atoms with E-state index < -0.39 is 86.4 Å². The Kier molecular flexibility index (Phi) is 11.6. The zero-order chi connectivity index (χ0) is 42.4. The molecule has 4 amide bonds. The highest BCUT2D eigenvalue weighted by molar-refractivity contribution is 8.03. The Balaban J connectivity index is 1.01. The number of alkyl halides is 3. The van der Waals surface area contributed by atoms with Crippen molar-refractivity contribution in [2.75, 3.05) is 6.54 Å². The Labute approximate surface area is 347 Å². The number of amides is 4. The standard InChI is InChI=1S/C40H44F4N6O8S2/c41-30-9-6-7-24-19-49(21-29(24)30)38(54)57-27-17-33-34(51)47-39(36(53)48-60(55,56)28-15-16-28)18-25(39)8-4-2-1-3-5-10-31(35(52)50(33)20-27)45-37-46-32(22-59-37)23-11-13-26(14-12-23)58-40(42,43)44/h4,6-9,11-14,22,25,27-28,31,33,37,45-46H,1-3,5,10,15-21H2,(H,47,51)(H,48,53)/b8-4-/t25-,27-,31+,33+,37?,39-/m1/s1. The van der Waals surface area contributed by atoms with Gasteiger partial charge in [0.1, 0.15) is 34.7 Å². The first-order valence-electron chi connectivity index (χ1n) is 19.9. The molecule has 2 aromatic carbocycles. The molecule has 14 nitrogen and oxygen atoms in total. The minimum atomic E-state index is -4.83. The number of nitrogens with zero attached hydrogens (tertiary/aromatic N) is 2. The predicted octanol–water partition coefficient (Wildman–Crippen LogP) is 4.73. The largest absolute Gasteiger partial charge is 0.573 e. The summed E-state index contributed by atoms with van der Waals surface area (Å²) >= 11 is 1.31. The molecule has 20 heteroatoms. The van der Waals surface area contributed by atoms with Gasteiger partial charge in [0.2, 0.25) is 21.8 Å². The molecule has 3 fully saturated rings. The number of thioether (sulfide) groups is 1. The quantitative estimate of drug-likeness (QED) is 0.213. The number of sulfonamides is 1. The monoisotopic (exact) mass is 876 g/mol. The van der Waals surface area contributed by atoms with Gasteiger partial charge in [0.15, 0.2) is 0 Å². The molecule has 4 aliphatic heterocycles. The lowest BCUT2D eigenvalue weighted by atomic mass is 10.0. The van der Waals surface area contributed by atoms with Gasteiger partial charge in [-0.2, -0.15) is 0 Å². The van der Waals surface area contributed by atoms with Crippen molar-refractivity contribution < 1.29 is 54.6 Å². The Bertz CT molecular complexity index is 2200. The molecule has 8 rings (SSSR count). The van der Waals surface area contributed by atoms with Crippen LogP contribution in [0.5, 0.6) is 5.75 Å². The molecule has 2 aromatic rings. The minimum Gasteiger partial charge on any atom is -0.444 e. The molecule has 4 heterocycles. The Morgan fingerprint density at radius 3 is 2.52 bits per heavy atom. The van der Waals surface area contributed by atoms with Gasteiger partial charge in [-0.1, -0.05) is 48.9 Å². The first-order valence-corrected chi connectivity index (χ1v) is 22.4. The predicted molar refractivity (Wildman–Crippen MR) is 210 cm³/mol. The molecular formula is C40H44F4N6O8S2. The van der Waals surface area contributed by atoms with E-state index >= 15 is 0 Å². The molecule has 0 radical (unpaired) electrons. The van der Waals surface area contributed by atoms with E-state index in [2.05, 4.69) is 25.4 Å². The molecule has 2 aliphatic carbocycles. The van der Waals surface area contributed by atoms with Gasteiger partial charge < -0.3 is 25.0 Å². The third-order valence-electron chi connectivity index (χ3n) is 11.7. The van der Waals surface area contributed by atoms with E-state index in [1.165, 1.54) is 51.9 Å². The number of ether oxygens (including phenoxy) is 2. The molecule has 4 N–H and O–H groups in total. The van der Waals surface area contributed by atoms with Gasteiger partial charge in [-0.15, -0.1) is 13.2 Å². The van der Waals surface area contributed by atoms with Crippen LogP contribution in [0.3, 0.4) is 0 Å². The summed E-state index contributed by atoms with van der Waals surface area (Å²) in [5.41, 5.74) is 0.0469. The molecule has 322 valence electrons. The van der Waals surface area contributed by atoms with E-state index in [1.807, 2.05) is 12.2 Å². The maximum absolute atomic E-state index is 14.7. The van der Waals surface area contributed by atoms with Crippen LogP contribution in [0, 0.1) is 11.7 Å². The van der Waals surface area contributed by atoms with Crippen molar-refractivity contribution >= 4 is 51.3 Å². The Morgan fingerprint density at radius 2 is 1.78 bits per heavy atom. The Morgan fingerprint density at radius 1 is 1.00 bits per heavy atom. The summed E-state index contributed by atoms with van der Waals surface area (Å²) < 4.78 is 90.4. The summed E-state index contributed by atoms with van der Waals surface area (Å²) in [6, 6.07) is 7.83. The number of fused-ring (bicyclic) bond motifs is 3. The molecule has 1 saturated heterocycles. The topological polar surface area (TPSA) is 175 Å². The second-order valence-corrected chi connectivity index (χ2v) is 18.9. The van der Waals surface area contributed by atoms with Gasteiger partial charge in [0.25, 0.3) is 5.91 Å². The average Bonchev–Trinajstić information content (AvgIpc) is 3.99.